The molecule has 0 spiro atoms. The van der Waals surface area contributed by atoms with E-state index < -0.39 is 0 Å². The zero-order chi connectivity index (χ0) is 17.4. The van der Waals surface area contributed by atoms with Gasteiger partial charge in [0, 0.05) is 42.0 Å². The average molecular weight is 340 g/mol. The molecule has 4 rings (SSSR count). The number of hydrogen-bond donors (Lipinski definition) is 1. The van der Waals surface area contributed by atoms with Gasteiger partial charge in [-0.2, -0.15) is 0 Å². The smallest absolute Gasteiger partial charge is 0.276 e. The van der Waals surface area contributed by atoms with E-state index in [1.165, 1.54) is 25.8 Å². The fourth-order valence-corrected chi connectivity index (χ4v) is 4.44. The minimum absolute atomic E-state index is 0.0556. The molecule has 3 heterocycles. The minimum atomic E-state index is 0.0556. The minimum Gasteiger partial charge on any atom is -0.302 e. The van der Waals surface area contributed by atoms with E-state index in [1.54, 1.807) is 4.52 Å². The Morgan fingerprint density at radius 3 is 2.96 bits per heavy atom. The predicted octanol–water partition coefficient (Wildman–Crippen LogP) is 3.04. The summed E-state index contributed by atoms with van der Waals surface area (Å²) in [7, 11) is 0. The fraction of sp³-hybridized carbons (Fsp3) is 0.600. The maximum Gasteiger partial charge on any atom is 0.276 e. The van der Waals surface area contributed by atoms with Crippen molar-refractivity contribution in [2.24, 2.45) is 5.92 Å². The molecule has 1 aliphatic heterocycles. The van der Waals surface area contributed by atoms with Crippen molar-refractivity contribution >= 4 is 5.65 Å². The van der Waals surface area contributed by atoms with Crippen LogP contribution in [0.4, 0.5) is 0 Å². The van der Waals surface area contributed by atoms with E-state index in [9.17, 15) is 4.79 Å². The number of aromatic amines is 1. The molecular formula is C20H28N4O. The number of likely N-dealkylation sites (tertiary alicyclic amines) is 1. The van der Waals surface area contributed by atoms with Crippen LogP contribution in [0, 0.1) is 12.8 Å². The SMILES string of the molecule is CCc1c(C)nc2cc([C@H]3CCN(C[C@H]4CC=CCC4)C3)[nH]n2c1=O. The van der Waals surface area contributed by atoms with Crippen LogP contribution in [0.15, 0.2) is 23.0 Å². The standard InChI is InChI=1S/C20H28N4O/c1-3-17-14(2)21-19-11-18(22-24(19)20(17)25)16-9-10-23(13-16)12-15-7-5-4-6-8-15/h4-5,11,15-16,22H,3,6-10,12-13H2,1-2H3/t15-,16-/m0/s1. The highest BCUT2D eigenvalue weighted by Gasteiger charge is 2.27. The lowest BCUT2D eigenvalue weighted by Gasteiger charge is -2.24. The molecule has 0 aromatic carbocycles. The van der Waals surface area contributed by atoms with Crippen LogP contribution in [0.3, 0.4) is 0 Å². The van der Waals surface area contributed by atoms with E-state index in [1.807, 2.05) is 13.8 Å². The number of H-pyrrole nitrogens is 1. The highest BCUT2D eigenvalue weighted by molar-refractivity contribution is 5.42. The van der Waals surface area contributed by atoms with Gasteiger partial charge in [0.15, 0.2) is 5.65 Å². The van der Waals surface area contributed by atoms with Crippen molar-refractivity contribution in [3.05, 3.63) is 45.5 Å². The summed E-state index contributed by atoms with van der Waals surface area (Å²) in [5.41, 5.74) is 3.63. The van der Waals surface area contributed by atoms with Gasteiger partial charge in [0.25, 0.3) is 5.56 Å². The normalized spacial score (nSPS) is 24.4. The number of hydrogen-bond acceptors (Lipinski definition) is 3. The number of nitrogens with one attached hydrogen (secondary N) is 1. The molecule has 0 amide bonds. The Balaban J connectivity index is 1.51. The van der Waals surface area contributed by atoms with E-state index in [4.69, 9.17) is 0 Å². The lowest BCUT2D eigenvalue weighted by molar-refractivity contribution is 0.263. The lowest BCUT2D eigenvalue weighted by Crippen LogP contribution is -2.28. The monoisotopic (exact) mass is 340 g/mol. The first-order chi connectivity index (χ1) is 12.2. The molecule has 0 radical (unpaired) electrons. The van der Waals surface area contributed by atoms with Gasteiger partial charge in [-0.1, -0.05) is 19.1 Å². The summed E-state index contributed by atoms with van der Waals surface area (Å²) in [6.45, 7) is 7.39. The number of aromatic nitrogens is 3. The van der Waals surface area contributed by atoms with Crippen molar-refractivity contribution in [2.75, 3.05) is 19.6 Å². The van der Waals surface area contributed by atoms with Gasteiger partial charge in [-0.25, -0.2) is 9.50 Å². The van der Waals surface area contributed by atoms with Crippen LogP contribution in [-0.2, 0) is 6.42 Å². The first-order valence-corrected chi connectivity index (χ1v) is 9.64. The Labute approximate surface area is 148 Å². The summed E-state index contributed by atoms with van der Waals surface area (Å²) >= 11 is 0. The third kappa shape index (κ3) is 3.17. The van der Waals surface area contributed by atoms with Crippen molar-refractivity contribution < 1.29 is 0 Å². The third-order valence-electron chi connectivity index (χ3n) is 5.89. The van der Waals surface area contributed by atoms with Gasteiger partial charge in [-0.15, -0.1) is 0 Å². The van der Waals surface area contributed by atoms with Crippen LogP contribution in [0.2, 0.25) is 0 Å². The summed E-state index contributed by atoms with van der Waals surface area (Å²) in [5, 5.41) is 3.34. The van der Waals surface area contributed by atoms with Gasteiger partial charge in [0.05, 0.1) is 0 Å². The summed E-state index contributed by atoms with van der Waals surface area (Å²) < 4.78 is 1.63. The molecule has 1 N–H and O–H groups in total. The molecule has 134 valence electrons. The Morgan fingerprint density at radius 2 is 2.20 bits per heavy atom. The van der Waals surface area contributed by atoms with E-state index >= 15 is 0 Å². The van der Waals surface area contributed by atoms with E-state index in [0.717, 1.165) is 54.4 Å². The van der Waals surface area contributed by atoms with Crippen molar-refractivity contribution in [2.45, 2.75) is 51.9 Å². The molecule has 2 aliphatic rings. The molecule has 0 unspecified atom stereocenters. The highest BCUT2D eigenvalue weighted by atomic mass is 16.1. The van der Waals surface area contributed by atoms with Gasteiger partial charge in [-0.3, -0.25) is 9.89 Å². The quantitative estimate of drug-likeness (QED) is 0.871. The number of allylic oxidation sites excluding steroid dienone is 2. The van der Waals surface area contributed by atoms with Crippen molar-refractivity contribution in [3.8, 4) is 0 Å². The molecule has 1 saturated heterocycles. The largest absolute Gasteiger partial charge is 0.302 e. The number of rotatable bonds is 4. The second kappa shape index (κ2) is 6.79. The van der Waals surface area contributed by atoms with Crippen LogP contribution >= 0.6 is 0 Å². The second-order valence-corrected chi connectivity index (χ2v) is 7.64. The molecule has 5 heteroatoms. The van der Waals surface area contributed by atoms with E-state index in [-0.39, 0.29) is 5.56 Å². The molecule has 25 heavy (non-hydrogen) atoms. The van der Waals surface area contributed by atoms with Gasteiger partial charge >= 0.3 is 0 Å². The van der Waals surface area contributed by atoms with Crippen LogP contribution in [0.1, 0.15) is 55.5 Å². The second-order valence-electron chi connectivity index (χ2n) is 7.64. The zero-order valence-electron chi connectivity index (χ0n) is 15.3. The maximum atomic E-state index is 12.6. The molecule has 1 aliphatic carbocycles. The molecule has 2 aromatic rings. The Bertz CT molecular complexity index is 847. The molecule has 0 saturated carbocycles. The molecule has 5 nitrogen and oxygen atoms in total. The van der Waals surface area contributed by atoms with Crippen molar-refractivity contribution in [1.82, 2.24) is 19.5 Å². The summed E-state index contributed by atoms with van der Waals surface area (Å²) in [6, 6.07) is 2.07. The molecule has 2 aromatic heterocycles. The highest BCUT2D eigenvalue weighted by Crippen LogP contribution is 2.29. The summed E-state index contributed by atoms with van der Waals surface area (Å²) in [5.74, 6) is 1.29. The zero-order valence-corrected chi connectivity index (χ0v) is 15.3. The Morgan fingerprint density at radius 1 is 1.32 bits per heavy atom. The van der Waals surface area contributed by atoms with E-state index in [2.05, 4.69) is 33.2 Å². The number of nitrogens with zero attached hydrogens (tertiary/aromatic N) is 3. The molecule has 2 atom stereocenters. The van der Waals surface area contributed by atoms with Crippen LogP contribution < -0.4 is 5.56 Å². The number of aryl methyl sites for hydroxylation is 1. The predicted molar refractivity (Wildman–Crippen MR) is 100 cm³/mol. The Kier molecular flexibility index (Phi) is 4.50. The van der Waals surface area contributed by atoms with Crippen molar-refractivity contribution in [3.63, 3.8) is 0 Å². The van der Waals surface area contributed by atoms with Crippen LogP contribution in [0.25, 0.3) is 5.65 Å². The van der Waals surface area contributed by atoms with Crippen LogP contribution in [-0.4, -0.2) is 39.1 Å². The topological polar surface area (TPSA) is 53.4 Å². The maximum absolute atomic E-state index is 12.6. The summed E-state index contributed by atoms with van der Waals surface area (Å²) in [4.78, 5) is 19.8. The lowest BCUT2D eigenvalue weighted by atomic mass is 9.94. The van der Waals surface area contributed by atoms with Crippen LogP contribution in [0.5, 0.6) is 0 Å². The molecular weight excluding hydrogens is 312 g/mol. The van der Waals surface area contributed by atoms with Gasteiger partial charge in [-0.05, 0) is 51.5 Å². The first kappa shape index (κ1) is 16.6. The van der Waals surface area contributed by atoms with Gasteiger partial charge in [0.2, 0.25) is 0 Å². The molecule has 1 fully saturated rings. The van der Waals surface area contributed by atoms with Gasteiger partial charge in [0.1, 0.15) is 0 Å². The Hall–Kier alpha value is -1.88. The average Bonchev–Trinajstić information content (AvgIpc) is 3.23. The number of fused-ring (bicyclic) bond motifs is 1. The molecule has 0 bridgehead atoms. The summed E-state index contributed by atoms with van der Waals surface area (Å²) in [6.07, 6.45) is 10.3. The fourth-order valence-electron chi connectivity index (χ4n) is 4.44. The van der Waals surface area contributed by atoms with Crippen molar-refractivity contribution in [1.29, 1.82) is 0 Å². The first-order valence-electron chi connectivity index (χ1n) is 9.64. The van der Waals surface area contributed by atoms with E-state index in [0.29, 0.717) is 5.92 Å². The van der Waals surface area contributed by atoms with Gasteiger partial charge < -0.3 is 4.90 Å². The third-order valence-corrected chi connectivity index (χ3v) is 5.89.